The van der Waals surface area contributed by atoms with E-state index >= 15 is 0 Å². The van der Waals surface area contributed by atoms with Crippen LogP contribution in [-0.4, -0.2) is 15.7 Å². The Morgan fingerprint density at radius 3 is 2.88 bits per heavy atom. The highest BCUT2D eigenvalue weighted by atomic mass is 16.3. The first-order chi connectivity index (χ1) is 7.98. The molecular formula is C14H22N2O. The van der Waals surface area contributed by atoms with Crippen molar-refractivity contribution >= 4 is 5.82 Å². The molecule has 3 unspecified atom stereocenters. The van der Waals surface area contributed by atoms with Gasteiger partial charge in [-0.1, -0.05) is 13.8 Å². The summed E-state index contributed by atoms with van der Waals surface area (Å²) in [6.45, 7) is 4.50. The van der Waals surface area contributed by atoms with Gasteiger partial charge in [0.25, 0.3) is 0 Å². The molecule has 3 atom stereocenters. The highest BCUT2D eigenvalue weighted by molar-refractivity contribution is 5.32. The van der Waals surface area contributed by atoms with E-state index in [2.05, 4.69) is 18.8 Å². The highest BCUT2D eigenvalue weighted by Gasteiger charge is 2.35. The van der Waals surface area contributed by atoms with E-state index in [1.165, 1.54) is 0 Å². The number of aromatic nitrogens is 1. The highest BCUT2D eigenvalue weighted by Crippen LogP contribution is 2.38. The van der Waals surface area contributed by atoms with Crippen LogP contribution in [0.3, 0.4) is 0 Å². The summed E-state index contributed by atoms with van der Waals surface area (Å²) in [7, 11) is 0. The number of rotatable bonds is 2. The molecule has 3 heteroatoms. The van der Waals surface area contributed by atoms with Gasteiger partial charge in [-0.05, 0) is 48.8 Å². The molecule has 1 aliphatic rings. The first kappa shape index (κ1) is 12.4. The Morgan fingerprint density at radius 1 is 1.47 bits per heavy atom. The van der Waals surface area contributed by atoms with E-state index in [0.29, 0.717) is 18.2 Å². The van der Waals surface area contributed by atoms with Gasteiger partial charge in [-0.2, -0.15) is 0 Å². The first-order valence-corrected chi connectivity index (χ1v) is 6.41. The van der Waals surface area contributed by atoms with Crippen molar-refractivity contribution in [3.05, 3.63) is 23.9 Å². The molecule has 0 radical (unpaired) electrons. The molecule has 17 heavy (non-hydrogen) atoms. The SMILES string of the molecule is CC1CCC(O)(Cc2ccnc(N)c2)CC1C. The maximum Gasteiger partial charge on any atom is 0.123 e. The number of nitrogens with zero attached hydrogens (tertiary/aromatic N) is 1. The fourth-order valence-electron chi connectivity index (χ4n) is 2.83. The molecule has 0 aliphatic heterocycles. The Hall–Kier alpha value is -1.09. The Morgan fingerprint density at radius 2 is 2.24 bits per heavy atom. The Labute approximate surface area is 103 Å². The van der Waals surface area contributed by atoms with Crippen LogP contribution in [0.25, 0.3) is 0 Å². The van der Waals surface area contributed by atoms with Crippen molar-refractivity contribution in [2.75, 3.05) is 5.73 Å². The van der Waals surface area contributed by atoms with Crippen molar-refractivity contribution in [3.63, 3.8) is 0 Å². The lowest BCUT2D eigenvalue weighted by Crippen LogP contribution is -2.39. The van der Waals surface area contributed by atoms with Gasteiger partial charge >= 0.3 is 0 Å². The first-order valence-electron chi connectivity index (χ1n) is 6.41. The molecule has 0 bridgehead atoms. The van der Waals surface area contributed by atoms with Gasteiger partial charge in [0.2, 0.25) is 0 Å². The van der Waals surface area contributed by atoms with Crippen LogP contribution in [0, 0.1) is 11.8 Å². The molecule has 1 aromatic heterocycles. The van der Waals surface area contributed by atoms with E-state index in [9.17, 15) is 5.11 Å². The van der Waals surface area contributed by atoms with Gasteiger partial charge in [-0.25, -0.2) is 4.98 Å². The van der Waals surface area contributed by atoms with E-state index in [1.54, 1.807) is 6.20 Å². The monoisotopic (exact) mass is 234 g/mol. The fraction of sp³-hybridized carbons (Fsp3) is 0.643. The maximum atomic E-state index is 10.6. The minimum atomic E-state index is -0.556. The molecule has 1 aromatic rings. The fourth-order valence-corrected chi connectivity index (χ4v) is 2.83. The molecule has 3 N–H and O–H groups in total. The number of nitrogen functional groups attached to an aromatic ring is 1. The maximum absolute atomic E-state index is 10.6. The molecule has 1 saturated carbocycles. The third kappa shape index (κ3) is 2.97. The second-order valence-electron chi connectivity index (χ2n) is 5.69. The Balaban J connectivity index is 2.07. The summed E-state index contributed by atoms with van der Waals surface area (Å²) in [4.78, 5) is 3.98. The lowest BCUT2D eigenvalue weighted by molar-refractivity contribution is -0.0279. The number of aliphatic hydroxyl groups is 1. The predicted molar refractivity (Wildman–Crippen MR) is 69.5 cm³/mol. The number of nitrogens with two attached hydrogens (primary N) is 1. The summed E-state index contributed by atoms with van der Waals surface area (Å²) in [5.41, 5.74) is 6.19. The van der Waals surface area contributed by atoms with Crippen molar-refractivity contribution in [2.45, 2.75) is 45.1 Å². The average molecular weight is 234 g/mol. The standard InChI is InChI=1S/C14H22N2O/c1-10-3-5-14(17,8-11(10)2)9-12-4-6-16-13(15)7-12/h4,6-7,10-11,17H,3,5,8-9H2,1-2H3,(H2,15,16). The third-order valence-electron chi connectivity index (χ3n) is 4.12. The summed E-state index contributed by atoms with van der Waals surface area (Å²) in [5, 5.41) is 10.6. The molecule has 3 nitrogen and oxygen atoms in total. The topological polar surface area (TPSA) is 59.1 Å². The largest absolute Gasteiger partial charge is 0.390 e. The molecule has 1 heterocycles. The third-order valence-corrected chi connectivity index (χ3v) is 4.12. The molecule has 0 spiro atoms. The van der Waals surface area contributed by atoms with Crippen molar-refractivity contribution in [1.29, 1.82) is 0 Å². The molecule has 2 rings (SSSR count). The van der Waals surface area contributed by atoms with Gasteiger partial charge in [0.1, 0.15) is 5.82 Å². The minimum Gasteiger partial charge on any atom is -0.390 e. The van der Waals surface area contributed by atoms with Crippen molar-refractivity contribution in [1.82, 2.24) is 4.98 Å². The molecule has 0 amide bonds. The van der Waals surface area contributed by atoms with Crippen LogP contribution in [0.4, 0.5) is 5.82 Å². The van der Waals surface area contributed by atoms with Crippen LogP contribution in [-0.2, 0) is 6.42 Å². The quantitative estimate of drug-likeness (QED) is 0.826. The lowest BCUT2D eigenvalue weighted by atomic mass is 9.71. The molecule has 1 aliphatic carbocycles. The van der Waals surface area contributed by atoms with Crippen LogP contribution >= 0.6 is 0 Å². The van der Waals surface area contributed by atoms with Gasteiger partial charge in [-0.15, -0.1) is 0 Å². The summed E-state index contributed by atoms with van der Waals surface area (Å²) >= 11 is 0. The van der Waals surface area contributed by atoms with E-state index < -0.39 is 5.60 Å². The number of hydrogen-bond donors (Lipinski definition) is 2. The zero-order chi connectivity index (χ0) is 12.5. The van der Waals surface area contributed by atoms with E-state index in [4.69, 9.17) is 5.73 Å². The zero-order valence-electron chi connectivity index (χ0n) is 10.7. The summed E-state index contributed by atoms with van der Waals surface area (Å²) in [6.07, 6.45) is 5.29. The lowest BCUT2D eigenvalue weighted by Gasteiger charge is -2.39. The molecule has 0 aromatic carbocycles. The minimum absolute atomic E-state index is 0.531. The average Bonchev–Trinajstić information content (AvgIpc) is 2.24. The number of hydrogen-bond acceptors (Lipinski definition) is 3. The Bertz CT molecular complexity index is 394. The van der Waals surface area contributed by atoms with Crippen molar-refractivity contribution in [2.24, 2.45) is 11.8 Å². The predicted octanol–water partition coefficient (Wildman–Crippen LogP) is 2.39. The van der Waals surface area contributed by atoms with Crippen LogP contribution < -0.4 is 5.73 Å². The number of anilines is 1. The van der Waals surface area contributed by atoms with Gasteiger partial charge < -0.3 is 10.8 Å². The van der Waals surface area contributed by atoms with E-state index in [0.717, 1.165) is 30.7 Å². The van der Waals surface area contributed by atoms with Gasteiger partial charge in [0.05, 0.1) is 5.60 Å². The zero-order valence-corrected chi connectivity index (χ0v) is 10.7. The Kier molecular flexibility index (Phi) is 3.38. The van der Waals surface area contributed by atoms with Crippen LogP contribution in [0.2, 0.25) is 0 Å². The molecule has 0 saturated heterocycles. The van der Waals surface area contributed by atoms with Gasteiger partial charge in [0.15, 0.2) is 0 Å². The summed E-state index contributed by atoms with van der Waals surface area (Å²) in [6, 6.07) is 3.80. The molecule has 94 valence electrons. The van der Waals surface area contributed by atoms with Gasteiger partial charge in [-0.3, -0.25) is 0 Å². The number of pyridine rings is 1. The second kappa shape index (κ2) is 4.65. The van der Waals surface area contributed by atoms with E-state index in [1.807, 2.05) is 12.1 Å². The van der Waals surface area contributed by atoms with Crippen LogP contribution in [0.1, 0.15) is 38.7 Å². The molecule has 1 fully saturated rings. The van der Waals surface area contributed by atoms with E-state index in [-0.39, 0.29) is 0 Å². The summed E-state index contributed by atoms with van der Waals surface area (Å²) in [5.74, 6) is 1.84. The normalized spacial score (nSPS) is 33.6. The summed E-state index contributed by atoms with van der Waals surface area (Å²) < 4.78 is 0. The van der Waals surface area contributed by atoms with Crippen molar-refractivity contribution < 1.29 is 5.11 Å². The van der Waals surface area contributed by atoms with Gasteiger partial charge in [0, 0.05) is 12.6 Å². The van der Waals surface area contributed by atoms with Crippen LogP contribution in [0.15, 0.2) is 18.3 Å². The second-order valence-corrected chi connectivity index (χ2v) is 5.69. The molecular weight excluding hydrogens is 212 g/mol. The van der Waals surface area contributed by atoms with Crippen LogP contribution in [0.5, 0.6) is 0 Å². The smallest absolute Gasteiger partial charge is 0.123 e. The van der Waals surface area contributed by atoms with Crippen molar-refractivity contribution in [3.8, 4) is 0 Å².